The molecule has 0 saturated carbocycles. The van der Waals surface area contributed by atoms with Crippen LogP contribution in [0, 0.1) is 0 Å². The van der Waals surface area contributed by atoms with Gasteiger partial charge in [0.2, 0.25) is 0 Å². The Morgan fingerprint density at radius 3 is 2.88 bits per heavy atom. The van der Waals surface area contributed by atoms with Crippen LogP contribution < -0.4 is 4.74 Å². The molecule has 0 fully saturated rings. The number of hydrogen-bond acceptors (Lipinski definition) is 2. The Labute approximate surface area is 94.6 Å². The minimum Gasteiger partial charge on any atom is -0.496 e. The van der Waals surface area contributed by atoms with Crippen molar-refractivity contribution in [3.05, 3.63) is 30.5 Å². The zero-order valence-corrected chi connectivity index (χ0v) is 9.56. The lowest BCUT2D eigenvalue weighted by atomic mass is 10.2. The van der Waals surface area contributed by atoms with Crippen LogP contribution in [0.2, 0.25) is 0 Å². The van der Waals surface area contributed by atoms with Crippen molar-refractivity contribution in [1.29, 1.82) is 0 Å². The van der Waals surface area contributed by atoms with Gasteiger partial charge in [0.1, 0.15) is 11.5 Å². The van der Waals surface area contributed by atoms with Gasteiger partial charge in [0.05, 0.1) is 12.6 Å². The quantitative estimate of drug-likeness (QED) is 0.788. The number of methoxy groups -OCH3 is 1. The number of fused-ring (bicyclic) bond motifs is 1. The molecular weight excluding hydrogens is 202 g/mol. The van der Waals surface area contributed by atoms with E-state index in [9.17, 15) is 4.79 Å². The monoisotopic (exact) mass is 217 g/mol. The van der Waals surface area contributed by atoms with Gasteiger partial charge in [0.15, 0.2) is 0 Å². The Morgan fingerprint density at radius 1 is 1.38 bits per heavy atom. The molecule has 3 nitrogen and oxygen atoms in total. The second-order valence-corrected chi connectivity index (χ2v) is 3.85. The van der Waals surface area contributed by atoms with Crippen LogP contribution in [0.25, 0.3) is 10.9 Å². The van der Waals surface area contributed by atoms with Crippen LogP contribution in [0.1, 0.15) is 13.3 Å². The Kier molecular flexibility index (Phi) is 2.95. The molecule has 3 heteroatoms. The van der Waals surface area contributed by atoms with Crippen LogP contribution in [-0.2, 0) is 11.3 Å². The Balaban J connectivity index is 2.37. The number of carbonyl (C=O) groups excluding carboxylic acids is 1. The second kappa shape index (κ2) is 4.39. The second-order valence-electron chi connectivity index (χ2n) is 3.85. The highest BCUT2D eigenvalue weighted by molar-refractivity contribution is 5.86. The Hall–Kier alpha value is -1.77. The largest absolute Gasteiger partial charge is 0.496 e. The van der Waals surface area contributed by atoms with E-state index in [0.717, 1.165) is 23.2 Å². The van der Waals surface area contributed by atoms with Crippen LogP contribution in [-0.4, -0.2) is 17.5 Å². The fraction of sp³-hybridized carbons (Fsp3) is 0.308. The molecule has 0 radical (unpaired) electrons. The minimum absolute atomic E-state index is 0.213. The average molecular weight is 217 g/mol. The molecule has 0 bridgehead atoms. The predicted octanol–water partition coefficient (Wildman–Crippen LogP) is 2.63. The topological polar surface area (TPSA) is 31.2 Å². The molecule has 1 heterocycles. The third-order valence-corrected chi connectivity index (χ3v) is 2.70. The van der Waals surface area contributed by atoms with Gasteiger partial charge in [-0.2, -0.15) is 0 Å². The molecule has 0 unspecified atom stereocenters. The summed E-state index contributed by atoms with van der Waals surface area (Å²) in [6.07, 6.45) is 2.57. The number of ketones is 1. The van der Waals surface area contributed by atoms with Crippen molar-refractivity contribution in [2.24, 2.45) is 0 Å². The number of hydrogen-bond donors (Lipinski definition) is 0. The molecular formula is C13H15NO2. The van der Waals surface area contributed by atoms with E-state index in [2.05, 4.69) is 4.57 Å². The lowest BCUT2D eigenvalue weighted by Gasteiger charge is -2.05. The van der Waals surface area contributed by atoms with Crippen molar-refractivity contribution in [2.45, 2.75) is 19.9 Å². The van der Waals surface area contributed by atoms with Crippen LogP contribution in [0.15, 0.2) is 30.5 Å². The van der Waals surface area contributed by atoms with Crippen molar-refractivity contribution < 1.29 is 9.53 Å². The highest BCUT2D eigenvalue weighted by Crippen LogP contribution is 2.26. The van der Waals surface area contributed by atoms with Crippen LogP contribution in [0.3, 0.4) is 0 Å². The first kappa shape index (κ1) is 10.7. The Morgan fingerprint density at radius 2 is 2.19 bits per heavy atom. The van der Waals surface area contributed by atoms with E-state index >= 15 is 0 Å². The number of Topliss-reactive ketones (excluding diaryl/α,β-unsaturated/α-hetero) is 1. The fourth-order valence-corrected chi connectivity index (χ4v) is 1.85. The summed E-state index contributed by atoms with van der Waals surface area (Å²) in [5, 5.41) is 1.09. The molecule has 0 aliphatic carbocycles. The van der Waals surface area contributed by atoms with Crippen LogP contribution in [0.5, 0.6) is 5.75 Å². The van der Waals surface area contributed by atoms with Gasteiger partial charge in [0, 0.05) is 24.5 Å². The summed E-state index contributed by atoms with van der Waals surface area (Å²) < 4.78 is 7.37. The lowest BCUT2D eigenvalue weighted by molar-refractivity contribution is -0.117. The van der Waals surface area contributed by atoms with Crippen LogP contribution in [0.4, 0.5) is 0 Å². The third-order valence-electron chi connectivity index (χ3n) is 2.70. The molecule has 2 rings (SSSR count). The van der Waals surface area contributed by atoms with Gasteiger partial charge in [-0.15, -0.1) is 0 Å². The molecule has 84 valence electrons. The average Bonchev–Trinajstić information content (AvgIpc) is 2.69. The van der Waals surface area contributed by atoms with E-state index in [0.29, 0.717) is 6.42 Å². The molecule has 0 aliphatic rings. The zero-order chi connectivity index (χ0) is 11.5. The van der Waals surface area contributed by atoms with Crippen molar-refractivity contribution in [1.82, 2.24) is 4.57 Å². The SMILES string of the molecule is COc1cccc2c1ccn2CCC(C)=O. The van der Waals surface area contributed by atoms with Gasteiger partial charge in [-0.05, 0) is 25.1 Å². The highest BCUT2D eigenvalue weighted by Gasteiger charge is 2.05. The predicted molar refractivity (Wildman–Crippen MR) is 63.8 cm³/mol. The summed E-state index contributed by atoms with van der Waals surface area (Å²) >= 11 is 0. The van der Waals surface area contributed by atoms with E-state index in [1.54, 1.807) is 14.0 Å². The van der Waals surface area contributed by atoms with Crippen molar-refractivity contribution in [3.63, 3.8) is 0 Å². The summed E-state index contributed by atoms with van der Waals surface area (Å²) in [4.78, 5) is 11.0. The smallest absolute Gasteiger partial charge is 0.131 e. The third kappa shape index (κ3) is 1.94. The summed E-state index contributed by atoms with van der Waals surface area (Å²) in [6.45, 7) is 2.35. The number of carbonyl (C=O) groups is 1. The molecule has 2 aromatic rings. The van der Waals surface area contributed by atoms with E-state index in [1.807, 2.05) is 30.5 Å². The van der Waals surface area contributed by atoms with Crippen molar-refractivity contribution >= 4 is 16.7 Å². The summed E-state index contributed by atoms with van der Waals surface area (Å²) in [6, 6.07) is 7.97. The van der Waals surface area contributed by atoms with E-state index < -0.39 is 0 Å². The number of ether oxygens (including phenoxy) is 1. The molecule has 0 spiro atoms. The van der Waals surface area contributed by atoms with Gasteiger partial charge in [-0.25, -0.2) is 0 Å². The normalized spacial score (nSPS) is 10.6. The molecule has 16 heavy (non-hydrogen) atoms. The van der Waals surface area contributed by atoms with Gasteiger partial charge < -0.3 is 9.30 Å². The van der Waals surface area contributed by atoms with E-state index in [-0.39, 0.29) is 5.78 Å². The first-order valence-electron chi connectivity index (χ1n) is 5.33. The molecule has 0 N–H and O–H groups in total. The van der Waals surface area contributed by atoms with Gasteiger partial charge >= 0.3 is 0 Å². The Bertz CT molecular complexity index is 514. The van der Waals surface area contributed by atoms with E-state index in [4.69, 9.17) is 4.74 Å². The molecule has 0 atom stereocenters. The lowest BCUT2D eigenvalue weighted by Crippen LogP contribution is -2.00. The molecule has 0 amide bonds. The van der Waals surface area contributed by atoms with E-state index in [1.165, 1.54) is 0 Å². The maximum absolute atomic E-state index is 11.0. The van der Waals surface area contributed by atoms with Crippen molar-refractivity contribution in [2.75, 3.05) is 7.11 Å². The fourth-order valence-electron chi connectivity index (χ4n) is 1.85. The molecule has 0 saturated heterocycles. The van der Waals surface area contributed by atoms with Gasteiger partial charge in [-0.3, -0.25) is 4.79 Å². The number of aryl methyl sites for hydroxylation is 1. The summed E-state index contributed by atoms with van der Waals surface area (Å²) in [7, 11) is 1.67. The van der Waals surface area contributed by atoms with Crippen molar-refractivity contribution in [3.8, 4) is 5.75 Å². The first-order valence-corrected chi connectivity index (χ1v) is 5.33. The molecule has 1 aromatic carbocycles. The molecule has 1 aromatic heterocycles. The standard InChI is InChI=1S/C13H15NO2/c1-10(15)6-8-14-9-7-11-12(14)4-3-5-13(11)16-2/h3-5,7,9H,6,8H2,1-2H3. The summed E-state index contributed by atoms with van der Waals surface area (Å²) in [5.74, 6) is 1.09. The highest BCUT2D eigenvalue weighted by atomic mass is 16.5. The number of benzene rings is 1. The summed E-state index contributed by atoms with van der Waals surface area (Å²) in [5.41, 5.74) is 1.11. The van der Waals surface area contributed by atoms with Crippen LogP contribution >= 0.6 is 0 Å². The van der Waals surface area contributed by atoms with Gasteiger partial charge in [0.25, 0.3) is 0 Å². The zero-order valence-electron chi connectivity index (χ0n) is 9.56. The number of nitrogens with zero attached hydrogens (tertiary/aromatic N) is 1. The number of rotatable bonds is 4. The maximum atomic E-state index is 11.0. The van der Waals surface area contributed by atoms with Gasteiger partial charge in [-0.1, -0.05) is 6.07 Å². The number of aromatic nitrogens is 1. The maximum Gasteiger partial charge on any atom is 0.131 e. The minimum atomic E-state index is 0.213. The molecule has 0 aliphatic heterocycles. The first-order chi connectivity index (χ1) is 7.72.